The zero-order chi connectivity index (χ0) is 10.8. The standard InChI is InChI=1S/C11H11NO3/c1-14-11(13)7-2-3-10-9(4-7)8(5-12)6-15-10/h2-4,6H,5,12H2,1H3. The van der Waals surface area contributed by atoms with Gasteiger partial charge in [-0.1, -0.05) is 0 Å². The summed E-state index contributed by atoms with van der Waals surface area (Å²) in [6, 6.07) is 5.13. The van der Waals surface area contributed by atoms with Crippen LogP contribution in [0.4, 0.5) is 0 Å². The van der Waals surface area contributed by atoms with Gasteiger partial charge in [-0.2, -0.15) is 0 Å². The molecule has 0 saturated carbocycles. The maximum atomic E-state index is 11.3. The average Bonchev–Trinajstić information content (AvgIpc) is 2.69. The van der Waals surface area contributed by atoms with Crippen molar-refractivity contribution in [1.29, 1.82) is 0 Å². The first kappa shape index (κ1) is 9.73. The van der Waals surface area contributed by atoms with E-state index < -0.39 is 0 Å². The first-order chi connectivity index (χ1) is 7.26. The molecule has 0 saturated heterocycles. The number of hydrogen-bond acceptors (Lipinski definition) is 4. The van der Waals surface area contributed by atoms with Gasteiger partial charge in [0.1, 0.15) is 5.58 Å². The van der Waals surface area contributed by atoms with E-state index >= 15 is 0 Å². The number of carbonyl (C=O) groups is 1. The molecule has 0 unspecified atom stereocenters. The van der Waals surface area contributed by atoms with E-state index in [2.05, 4.69) is 4.74 Å². The Bertz CT molecular complexity index is 502. The number of benzene rings is 1. The Morgan fingerprint density at radius 3 is 3.00 bits per heavy atom. The van der Waals surface area contributed by atoms with Crippen LogP contribution in [0.2, 0.25) is 0 Å². The van der Waals surface area contributed by atoms with Crippen LogP contribution in [0, 0.1) is 0 Å². The van der Waals surface area contributed by atoms with Crippen molar-refractivity contribution in [3.8, 4) is 0 Å². The second kappa shape index (κ2) is 3.74. The van der Waals surface area contributed by atoms with Gasteiger partial charge in [-0.15, -0.1) is 0 Å². The normalized spacial score (nSPS) is 10.5. The number of hydrogen-bond donors (Lipinski definition) is 1. The van der Waals surface area contributed by atoms with Crippen LogP contribution in [0.3, 0.4) is 0 Å². The SMILES string of the molecule is COC(=O)c1ccc2occ(CN)c2c1. The molecule has 78 valence electrons. The highest BCUT2D eigenvalue weighted by molar-refractivity contribution is 5.95. The summed E-state index contributed by atoms with van der Waals surface area (Å²) >= 11 is 0. The predicted octanol–water partition coefficient (Wildman–Crippen LogP) is 1.68. The fourth-order valence-corrected chi connectivity index (χ4v) is 1.48. The lowest BCUT2D eigenvalue weighted by atomic mass is 10.1. The van der Waals surface area contributed by atoms with Crippen molar-refractivity contribution < 1.29 is 13.9 Å². The number of esters is 1. The molecule has 0 bridgehead atoms. The van der Waals surface area contributed by atoms with E-state index in [0.29, 0.717) is 12.1 Å². The van der Waals surface area contributed by atoms with Crippen LogP contribution in [0.25, 0.3) is 11.0 Å². The quantitative estimate of drug-likeness (QED) is 0.757. The van der Waals surface area contributed by atoms with Gasteiger partial charge in [-0.3, -0.25) is 0 Å². The van der Waals surface area contributed by atoms with Crippen molar-refractivity contribution in [2.24, 2.45) is 5.73 Å². The molecule has 0 fully saturated rings. The Balaban J connectivity index is 2.57. The number of rotatable bonds is 2. The highest BCUT2D eigenvalue weighted by Crippen LogP contribution is 2.22. The summed E-state index contributed by atoms with van der Waals surface area (Å²) in [6.45, 7) is 0.387. The average molecular weight is 205 g/mol. The topological polar surface area (TPSA) is 65.5 Å². The number of ether oxygens (including phenoxy) is 1. The molecule has 0 aliphatic heterocycles. The van der Waals surface area contributed by atoms with Gasteiger partial charge in [0.25, 0.3) is 0 Å². The van der Waals surface area contributed by atoms with E-state index in [1.807, 2.05) is 0 Å². The molecule has 0 aliphatic rings. The summed E-state index contributed by atoms with van der Waals surface area (Å²) in [5.74, 6) is -0.360. The number of carbonyl (C=O) groups excluding carboxylic acids is 1. The van der Waals surface area contributed by atoms with Crippen molar-refractivity contribution >= 4 is 16.9 Å². The molecule has 1 aromatic carbocycles. The highest BCUT2D eigenvalue weighted by atomic mass is 16.5. The van der Waals surface area contributed by atoms with Gasteiger partial charge >= 0.3 is 5.97 Å². The van der Waals surface area contributed by atoms with Crippen LogP contribution in [0.5, 0.6) is 0 Å². The molecule has 0 atom stereocenters. The van der Waals surface area contributed by atoms with Crippen molar-refractivity contribution in [2.45, 2.75) is 6.54 Å². The van der Waals surface area contributed by atoms with Crippen molar-refractivity contribution in [3.63, 3.8) is 0 Å². The molecule has 2 N–H and O–H groups in total. The minimum Gasteiger partial charge on any atom is -0.465 e. The third-order valence-corrected chi connectivity index (χ3v) is 2.29. The molecule has 15 heavy (non-hydrogen) atoms. The largest absolute Gasteiger partial charge is 0.465 e. The van der Waals surface area contributed by atoms with Gasteiger partial charge in [0.15, 0.2) is 0 Å². The first-order valence-corrected chi connectivity index (χ1v) is 4.54. The number of nitrogens with two attached hydrogens (primary N) is 1. The zero-order valence-electron chi connectivity index (χ0n) is 8.32. The second-order valence-electron chi connectivity index (χ2n) is 3.17. The lowest BCUT2D eigenvalue weighted by Crippen LogP contribution is -2.01. The summed E-state index contributed by atoms with van der Waals surface area (Å²) in [6.07, 6.45) is 1.60. The first-order valence-electron chi connectivity index (χ1n) is 4.54. The van der Waals surface area contributed by atoms with Crippen LogP contribution in [-0.2, 0) is 11.3 Å². The van der Waals surface area contributed by atoms with Crippen molar-refractivity contribution in [3.05, 3.63) is 35.6 Å². The Kier molecular flexibility index (Phi) is 2.43. The predicted molar refractivity (Wildman–Crippen MR) is 55.4 cm³/mol. The van der Waals surface area contributed by atoms with Crippen LogP contribution in [0.1, 0.15) is 15.9 Å². The third-order valence-electron chi connectivity index (χ3n) is 2.29. The molecule has 2 aromatic rings. The molecule has 0 amide bonds. The summed E-state index contributed by atoms with van der Waals surface area (Å²) in [7, 11) is 1.35. The molecule has 0 radical (unpaired) electrons. The third kappa shape index (κ3) is 1.59. The smallest absolute Gasteiger partial charge is 0.337 e. The van der Waals surface area contributed by atoms with E-state index in [0.717, 1.165) is 16.5 Å². The minimum absolute atomic E-state index is 0.360. The molecule has 1 aromatic heterocycles. The molecule has 1 heterocycles. The highest BCUT2D eigenvalue weighted by Gasteiger charge is 2.09. The minimum atomic E-state index is -0.360. The maximum Gasteiger partial charge on any atom is 0.337 e. The summed E-state index contributed by atoms with van der Waals surface area (Å²) in [5.41, 5.74) is 7.65. The van der Waals surface area contributed by atoms with Crippen LogP contribution in [-0.4, -0.2) is 13.1 Å². The molecule has 2 rings (SSSR count). The molecule has 0 spiro atoms. The molecule has 0 aliphatic carbocycles. The number of furan rings is 1. The van der Waals surface area contributed by atoms with E-state index in [4.69, 9.17) is 10.2 Å². The second-order valence-corrected chi connectivity index (χ2v) is 3.17. The number of methoxy groups -OCH3 is 1. The summed E-state index contributed by atoms with van der Waals surface area (Å²) in [4.78, 5) is 11.3. The van der Waals surface area contributed by atoms with Gasteiger partial charge in [-0.05, 0) is 18.2 Å². The molecular weight excluding hydrogens is 194 g/mol. The molecule has 4 nitrogen and oxygen atoms in total. The Labute approximate surface area is 86.6 Å². The molecular formula is C11H11NO3. The summed E-state index contributed by atoms with van der Waals surface area (Å²) in [5, 5.41) is 0.861. The fraction of sp³-hybridized carbons (Fsp3) is 0.182. The Hall–Kier alpha value is -1.81. The Morgan fingerprint density at radius 1 is 1.53 bits per heavy atom. The van der Waals surface area contributed by atoms with Crippen LogP contribution >= 0.6 is 0 Å². The summed E-state index contributed by atoms with van der Waals surface area (Å²) < 4.78 is 9.91. The van der Waals surface area contributed by atoms with E-state index in [1.165, 1.54) is 7.11 Å². The van der Waals surface area contributed by atoms with Gasteiger partial charge in [0.2, 0.25) is 0 Å². The van der Waals surface area contributed by atoms with Crippen molar-refractivity contribution in [1.82, 2.24) is 0 Å². The van der Waals surface area contributed by atoms with Crippen LogP contribution in [0.15, 0.2) is 28.9 Å². The van der Waals surface area contributed by atoms with Crippen LogP contribution < -0.4 is 5.73 Å². The zero-order valence-corrected chi connectivity index (χ0v) is 8.32. The maximum absolute atomic E-state index is 11.3. The van der Waals surface area contributed by atoms with Crippen molar-refractivity contribution in [2.75, 3.05) is 7.11 Å². The lowest BCUT2D eigenvalue weighted by molar-refractivity contribution is 0.0601. The monoisotopic (exact) mass is 205 g/mol. The fourth-order valence-electron chi connectivity index (χ4n) is 1.48. The molecule has 4 heteroatoms. The van der Waals surface area contributed by atoms with Gasteiger partial charge in [0, 0.05) is 17.5 Å². The Morgan fingerprint density at radius 2 is 2.33 bits per heavy atom. The number of fused-ring (bicyclic) bond motifs is 1. The van der Waals surface area contributed by atoms with E-state index in [9.17, 15) is 4.79 Å². The lowest BCUT2D eigenvalue weighted by Gasteiger charge is -1.99. The van der Waals surface area contributed by atoms with Gasteiger partial charge in [0.05, 0.1) is 18.9 Å². The van der Waals surface area contributed by atoms with Gasteiger partial charge < -0.3 is 14.9 Å². The van der Waals surface area contributed by atoms with E-state index in [-0.39, 0.29) is 5.97 Å². The van der Waals surface area contributed by atoms with Gasteiger partial charge in [-0.25, -0.2) is 4.79 Å². The van der Waals surface area contributed by atoms with E-state index in [1.54, 1.807) is 24.5 Å².